The van der Waals surface area contributed by atoms with Crippen LogP contribution in [0.5, 0.6) is 0 Å². The molecule has 1 amide bonds. The normalized spacial score (nSPS) is 10.9. The lowest BCUT2D eigenvalue weighted by Crippen LogP contribution is -2.29. The van der Waals surface area contributed by atoms with E-state index in [1.807, 2.05) is 30.3 Å². The standard InChI is InChI=1S/C18H20N4O3/c23-13-15-6-4-14(5-7-15)8-10-19-17(24)9-12-22-18(25)21-11-2-1-3-16(21)20-22/h1-7,11,23H,8-10,12-13H2,(H,19,24). The molecule has 25 heavy (non-hydrogen) atoms. The van der Waals surface area contributed by atoms with E-state index in [0.717, 1.165) is 11.1 Å². The number of aliphatic hydroxyl groups is 1. The Morgan fingerprint density at radius 1 is 1.12 bits per heavy atom. The van der Waals surface area contributed by atoms with Gasteiger partial charge in [-0.3, -0.25) is 9.20 Å². The van der Waals surface area contributed by atoms with E-state index in [4.69, 9.17) is 5.11 Å². The third-order valence-corrected chi connectivity index (χ3v) is 3.98. The maximum absolute atomic E-state index is 12.1. The first-order chi connectivity index (χ1) is 12.2. The van der Waals surface area contributed by atoms with Crippen molar-refractivity contribution in [3.8, 4) is 0 Å². The highest BCUT2D eigenvalue weighted by Gasteiger charge is 2.08. The molecule has 3 rings (SSSR count). The molecule has 0 atom stereocenters. The van der Waals surface area contributed by atoms with Crippen molar-refractivity contribution in [3.63, 3.8) is 0 Å². The SMILES string of the molecule is O=C(CCn1nc2ccccn2c1=O)NCCc1ccc(CO)cc1. The second-order valence-corrected chi connectivity index (χ2v) is 5.76. The first kappa shape index (κ1) is 16.9. The van der Waals surface area contributed by atoms with Crippen molar-refractivity contribution in [2.24, 2.45) is 0 Å². The summed E-state index contributed by atoms with van der Waals surface area (Å²) in [5, 5.41) is 16.0. The van der Waals surface area contributed by atoms with Gasteiger partial charge in [-0.2, -0.15) is 0 Å². The highest BCUT2D eigenvalue weighted by Crippen LogP contribution is 2.04. The number of hydrogen-bond donors (Lipinski definition) is 2. The molecular weight excluding hydrogens is 320 g/mol. The number of aromatic nitrogens is 3. The molecular formula is C18H20N4O3. The molecule has 0 fully saturated rings. The van der Waals surface area contributed by atoms with E-state index in [1.54, 1.807) is 18.3 Å². The summed E-state index contributed by atoms with van der Waals surface area (Å²) in [7, 11) is 0. The number of fused-ring (bicyclic) bond motifs is 1. The number of carbonyl (C=O) groups excluding carboxylic acids is 1. The van der Waals surface area contributed by atoms with E-state index in [9.17, 15) is 9.59 Å². The molecule has 2 N–H and O–H groups in total. The van der Waals surface area contributed by atoms with Crippen LogP contribution in [0, 0.1) is 0 Å². The van der Waals surface area contributed by atoms with Crippen LogP contribution in [-0.4, -0.2) is 31.7 Å². The Morgan fingerprint density at radius 2 is 1.88 bits per heavy atom. The zero-order valence-electron chi connectivity index (χ0n) is 13.8. The van der Waals surface area contributed by atoms with E-state index in [2.05, 4.69) is 10.4 Å². The Morgan fingerprint density at radius 3 is 2.60 bits per heavy atom. The largest absolute Gasteiger partial charge is 0.392 e. The van der Waals surface area contributed by atoms with Crippen molar-refractivity contribution in [2.75, 3.05) is 6.54 Å². The van der Waals surface area contributed by atoms with Gasteiger partial charge in [0.2, 0.25) is 5.91 Å². The first-order valence-electron chi connectivity index (χ1n) is 8.17. The van der Waals surface area contributed by atoms with Gasteiger partial charge in [-0.1, -0.05) is 30.3 Å². The Labute approximate surface area is 144 Å². The minimum atomic E-state index is -0.243. The van der Waals surface area contributed by atoms with E-state index >= 15 is 0 Å². The fourth-order valence-corrected chi connectivity index (χ4v) is 2.57. The quantitative estimate of drug-likeness (QED) is 0.664. The Kier molecular flexibility index (Phi) is 5.25. The highest BCUT2D eigenvalue weighted by atomic mass is 16.3. The Bertz CT molecular complexity index is 912. The number of amides is 1. The van der Waals surface area contributed by atoms with Crippen molar-refractivity contribution in [3.05, 3.63) is 70.3 Å². The molecule has 0 spiro atoms. The molecule has 0 unspecified atom stereocenters. The van der Waals surface area contributed by atoms with Gasteiger partial charge in [0.15, 0.2) is 5.65 Å². The molecule has 0 saturated carbocycles. The molecule has 2 aromatic heterocycles. The summed E-state index contributed by atoms with van der Waals surface area (Å²) in [6.45, 7) is 0.800. The summed E-state index contributed by atoms with van der Waals surface area (Å²) in [6.07, 6.45) is 2.57. The number of rotatable bonds is 7. The average Bonchev–Trinajstić information content (AvgIpc) is 2.97. The van der Waals surface area contributed by atoms with Crippen molar-refractivity contribution in [2.45, 2.75) is 26.0 Å². The van der Waals surface area contributed by atoms with Crippen LogP contribution in [0.1, 0.15) is 17.5 Å². The van der Waals surface area contributed by atoms with Crippen LogP contribution >= 0.6 is 0 Å². The van der Waals surface area contributed by atoms with Crippen LogP contribution in [0.3, 0.4) is 0 Å². The predicted octanol–water partition coefficient (Wildman–Crippen LogP) is 0.737. The monoisotopic (exact) mass is 340 g/mol. The van der Waals surface area contributed by atoms with Crippen LogP contribution in [0.4, 0.5) is 0 Å². The van der Waals surface area contributed by atoms with E-state index in [-0.39, 0.29) is 31.2 Å². The van der Waals surface area contributed by atoms with Gasteiger partial charge in [-0.15, -0.1) is 5.10 Å². The second kappa shape index (κ2) is 7.76. The molecule has 2 heterocycles. The fraction of sp³-hybridized carbons (Fsp3) is 0.278. The van der Waals surface area contributed by atoms with Crippen LogP contribution in [0.25, 0.3) is 5.65 Å². The molecule has 7 nitrogen and oxygen atoms in total. The van der Waals surface area contributed by atoms with Crippen molar-refractivity contribution >= 4 is 11.6 Å². The maximum Gasteiger partial charge on any atom is 0.350 e. The molecule has 130 valence electrons. The lowest BCUT2D eigenvalue weighted by Gasteiger charge is -2.06. The van der Waals surface area contributed by atoms with Gasteiger partial charge in [0.25, 0.3) is 0 Å². The average molecular weight is 340 g/mol. The number of aryl methyl sites for hydroxylation is 1. The zero-order valence-corrected chi connectivity index (χ0v) is 13.8. The van der Waals surface area contributed by atoms with E-state index in [0.29, 0.717) is 18.6 Å². The molecule has 0 aliphatic heterocycles. The first-order valence-corrected chi connectivity index (χ1v) is 8.17. The minimum Gasteiger partial charge on any atom is -0.392 e. The van der Waals surface area contributed by atoms with Gasteiger partial charge in [0.1, 0.15) is 0 Å². The summed E-state index contributed by atoms with van der Waals surface area (Å²) in [5.74, 6) is -0.115. The van der Waals surface area contributed by atoms with Crippen molar-refractivity contribution in [1.82, 2.24) is 19.5 Å². The third kappa shape index (κ3) is 4.13. The van der Waals surface area contributed by atoms with Gasteiger partial charge in [0, 0.05) is 19.2 Å². The second-order valence-electron chi connectivity index (χ2n) is 5.76. The molecule has 0 saturated heterocycles. The van der Waals surface area contributed by atoms with Crippen LogP contribution < -0.4 is 11.0 Å². The molecule has 1 aromatic carbocycles. The van der Waals surface area contributed by atoms with E-state index < -0.39 is 0 Å². The highest BCUT2D eigenvalue weighted by molar-refractivity contribution is 5.75. The molecule has 0 aliphatic carbocycles. The van der Waals surface area contributed by atoms with Gasteiger partial charge >= 0.3 is 5.69 Å². The minimum absolute atomic E-state index is 0.0272. The summed E-state index contributed by atoms with van der Waals surface area (Å²) < 4.78 is 2.76. The van der Waals surface area contributed by atoms with E-state index in [1.165, 1.54) is 9.08 Å². The lowest BCUT2D eigenvalue weighted by molar-refractivity contribution is -0.121. The number of benzene rings is 1. The van der Waals surface area contributed by atoms with Gasteiger partial charge < -0.3 is 10.4 Å². The Balaban J connectivity index is 1.47. The summed E-state index contributed by atoms with van der Waals surface area (Å²) in [4.78, 5) is 24.0. The number of nitrogens with one attached hydrogen (secondary N) is 1. The third-order valence-electron chi connectivity index (χ3n) is 3.98. The number of aliphatic hydroxyl groups excluding tert-OH is 1. The smallest absolute Gasteiger partial charge is 0.350 e. The summed E-state index contributed by atoms with van der Waals surface area (Å²) in [6, 6.07) is 12.9. The summed E-state index contributed by atoms with van der Waals surface area (Å²) in [5.41, 5.74) is 2.28. The van der Waals surface area contributed by atoms with Gasteiger partial charge in [0.05, 0.1) is 13.2 Å². The molecule has 7 heteroatoms. The van der Waals surface area contributed by atoms with Crippen LogP contribution in [0.15, 0.2) is 53.5 Å². The topological polar surface area (TPSA) is 88.6 Å². The number of nitrogens with zero attached hydrogens (tertiary/aromatic N) is 3. The van der Waals surface area contributed by atoms with Crippen LogP contribution in [0.2, 0.25) is 0 Å². The van der Waals surface area contributed by atoms with Crippen LogP contribution in [-0.2, 0) is 24.4 Å². The molecule has 0 aliphatic rings. The predicted molar refractivity (Wildman–Crippen MR) is 93.1 cm³/mol. The van der Waals surface area contributed by atoms with Gasteiger partial charge in [-0.25, -0.2) is 9.48 Å². The summed E-state index contributed by atoms with van der Waals surface area (Å²) >= 11 is 0. The molecule has 0 radical (unpaired) electrons. The van der Waals surface area contributed by atoms with Crippen molar-refractivity contribution < 1.29 is 9.90 Å². The lowest BCUT2D eigenvalue weighted by atomic mass is 10.1. The molecule has 0 bridgehead atoms. The van der Waals surface area contributed by atoms with Gasteiger partial charge in [-0.05, 0) is 29.7 Å². The maximum atomic E-state index is 12.1. The zero-order chi connectivity index (χ0) is 17.6. The molecule has 3 aromatic rings. The number of hydrogen-bond acceptors (Lipinski definition) is 4. The fourth-order valence-electron chi connectivity index (χ4n) is 2.57. The number of pyridine rings is 1. The number of carbonyl (C=O) groups is 1. The Hall–Kier alpha value is -2.93. The van der Waals surface area contributed by atoms with Crippen molar-refractivity contribution in [1.29, 1.82) is 0 Å².